The summed E-state index contributed by atoms with van der Waals surface area (Å²) in [5.41, 5.74) is 0. The van der Waals surface area contributed by atoms with Crippen molar-refractivity contribution in [3.8, 4) is 0 Å². The van der Waals surface area contributed by atoms with Crippen LogP contribution in [0.2, 0.25) is 0 Å². The van der Waals surface area contributed by atoms with Gasteiger partial charge in [-0.15, -0.1) is 12.4 Å². The smallest absolute Gasteiger partial charge is 0.225 e. The van der Waals surface area contributed by atoms with Gasteiger partial charge in [-0.25, -0.2) is 0 Å². The van der Waals surface area contributed by atoms with Crippen LogP contribution in [0, 0.1) is 5.92 Å². The van der Waals surface area contributed by atoms with Crippen molar-refractivity contribution in [2.24, 2.45) is 5.92 Å². The molecule has 4 heteroatoms. The normalized spacial score (nSPS) is 21.3. The van der Waals surface area contributed by atoms with E-state index in [1.54, 1.807) is 0 Å². The van der Waals surface area contributed by atoms with E-state index in [0.717, 1.165) is 32.5 Å². The molecular formula is C11H23ClN2O. The monoisotopic (exact) mass is 234 g/mol. The van der Waals surface area contributed by atoms with E-state index in [2.05, 4.69) is 26.1 Å². The summed E-state index contributed by atoms with van der Waals surface area (Å²) >= 11 is 0. The molecule has 0 aromatic carbocycles. The summed E-state index contributed by atoms with van der Waals surface area (Å²) in [7, 11) is 0. The fourth-order valence-corrected chi connectivity index (χ4v) is 2.03. The molecule has 1 amide bonds. The highest BCUT2D eigenvalue weighted by Crippen LogP contribution is 2.13. The molecule has 1 aliphatic rings. The predicted molar refractivity (Wildman–Crippen MR) is 65.4 cm³/mol. The van der Waals surface area contributed by atoms with Crippen LogP contribution in [0.3, 0.4) is 0 Å². The molecule has 0 aromatic rings. The molecule has 0 spiro atoms. The second-order valence-corrected chi connectivity index (χ2v) is 4.15. The first-order chi connectivity index (χ1) is 6.69. The molecule has 0 radical (unpaired) electrons. The Kier molecular flexibility index (Phi) is 6.94. The number of nitrogens with zero attached hydrogens (tertiary/aromatic N) is 1. The van der Waals surface area contributed by atoms with Crippen LogP contribution >= 0.6 is 12.4 Å². The molecule has 1 saturated heterocycles. The molecule has 0 saturated carbocycles. The van der Waals surface area contributed by atoms with Gasteiger partial charge in [-0.05, 0) is 19.8 Å². The zero-order valence-corrected chi connectivity index (χ0v) is 10.8. The number of carbonyl (C=O) groups is 1. The molecule has 3 nitrogen and oxygen atoms in total. The van der Waals surface area contributed by atoms with Gasteiger partial charge in [0.15, 0.2) is 0 Å². The molecular weight excluding hydrogens is 212 g/mol. The molecule has 90 valence electrons. The number of piperazine rings is 1. The Morgan fingerprint density at radius 2 is 2.07 bits per heavy atom. The van der Waals surface area contributed by atoms with Crippen LogP contribution in [0.1, 0.15) is 33.6 Å². The number of halogens is 1. The second-order valence-electron chi connectivity index (χ2n) is 4.15. The first-order valence-electron chi connectivity index (χ1n) is 5.71. The number of carbonyl (C=O) groups excluding carboxylic acids is 1. The average molecular weight is 235 g/mol. The maximum absolute atomic E-state index is 12.0. The first-order valence-corrected chi connectivity index (χ1v) is 5.71. The van der Waals surface area contributed by atoms with Gasteiger partial charge < -0.3 is 10.2 Å². The lowest BCUT2D eigenvalue weighted by molar-refractivity contribution is -0.136. The Morgan fingerprint density at radius 1 is 1.47 bits per heavy atom. The van der Waals surface area contributed by atoms with Crippen molar-refractivity contribution in [1.29, 1.82) is 0 Å². The number of hydrogen-bond donors (Lipinski definition) is 1. The van der Waals surface area contributed by atoms with Crippen molar-refractivity contribution in [3.63, 3.8) is 0 Å². The van der Waals surface area contributed by atoms with Gasteiger partial charge in [-0.2, -0.15) is 0 Å². The third kappa shape index (κ3) is 3.99. The summed E-state index contributed by atoms with van der Waals surface area (Å²) < 4.78 is 0. The van der Waals surface area contributed by atoms with Crippen molar-refractivity contribution in [3.05, 3.63) is 0 Å². The van der Waals surface area contributed by atoms with E-state index >= 15 is 0 Å². The van der Waals surface area contributed by atoms with Gasteiger partial charge in [0.05, 0.1) is 0 Å². The third-order valence-electron chi connectivity index (χ3n) is 3.02. The maximum atomic E-state index is 12.0. The van der Waals surface area contributed by atoms with E-state index in [0.29, 0.717) is 11.9 Å². The number of nitrogens with one attached hydrogen (secondary N) is 1. The molecule has 1 atom stereocenters. The summed E-state index contributed by atoms with van der Waals surface area (Å²) in [6.45, 7) is 9.00. The molecule has 1 rings (SSSR count). The molecule has 1 N–H and O–H groups in total. The lowest BCUT2D eigenvalue weighted by Crippen LogP contribution is -2.52. The number of amides is 1. The Hall–Kier alpha value is -0.280. The highest BCUT2D eigenvalue weighted by Gasteiger charge is 2.24. The Balaban J connectivity index is 0.00000196. The quantitative estimate of drug-likeness (QED) is 0.806. The summed E-state index contributed by atoms with van der Waals surface area (Å²) in [4.78, 5) is 14.0. The SMILES string of the molecule is CCC(CC)C(=O)N1CCNC(C)C1.Cl. The molecule has 1 heterocycles. The standard InChI is InChI=1S/C11H22N2O.ClH/c1-4-10(5-2)11(14)13-7-6-12-9(3)8-13;/h9-10,12H,4-8H2,1-3H3;1H. The van der Waals surface area contributed by atoms with E-state index in [1.165, 1.54) is 0 Å². The van der Waals surface area contributed by atoms with Crippen molar-refractivity contribution >= 4 is 18.3 Å². The first kappa shape index (κ1) is 14.7. The Labute approximate surface area is 99.0 Å². The van der Waals surface area contributed by atoms with E-state index in [1.807, 2.05) is 4.90 Å². The van der Waals surface area contributed by atoms with Crippen LogP contribution in [-0.4, -0.2) is 36.5 Å². The van der Waals surface area contributed by atoms with Crippen LogP contribution in [0.25, 0.3) is 0 Å². The summed E-state index contributed by atoms with van der Waals surface area (Å²) in [6.07, 6.45) is 1.93. The highest BCUT2D eigenvalue weighted by atomic mass is 35.5. The minimum atomic E-state index is 0. The zero-order chi connectivity index (χ0) is 10.6. The third-order valence-corrected chi connectivity index (χ3v) is 3.02. The Bertz CT molecular complexity index is 195. The van der Waals surface area contributed by atoms with Gasteiger partial charge in [-0.3, -0.25) is 4.79 Å². The van der Waals surface area contributed by atoms with Crippen LogP contribution < -0.4 is 5.32 Å². The molecule has 1 unspecified atom stereocenters. The van der Waals surface area contributed by atoms with Crippen molar-refractivity contribution in [2.45, 2.75) is 39.7 Å². The molecule has 0 bridgehead atoms. The van der Waals surface area contributed by atoms with E-state index in [4.69, 9.17) is 0 Å². The van der Waals surface area contributed by atoms with Crippen molar-refractivity contribution < 1.29 is 4.79 Å². The van der Waals surface area contributed by atoms with Gasteiger partial charge in [0.1, 0.15) is 0 Å². The van der Waals surface area contributed by atoms with Gasteiger partial charge in [0, 0.05) is 31.6 Å². The fourth-order valence-electron chi connectivity index (χ4n) is 2.03. The minimum absolute atomic E-state index is 0. The van der Waals surface area contributed by atoms with Crippen molar-refractivity contribution in [1.82, 2.24) is 10.2 Å². The van der Waals surface area contributed by atoms with Gasteiger partial charge in [0.2, 0.25) is 5.91 Å². The summed E-state index contributed by atoms with van der Waals surface area (Å²) in [5.74, 6) is 0.587. The lowest BCUT2D eigenvalue weighted by Gasteiger charge is -2.34. The largest absolute Gasteiger partial charge is 0.340 e. The summed E-state index contributed by atoms with van der Waals surface area (Å²) in [6, 6.07) is 0.446. The van der Waals surface area contributed by atoms with Crippen LogP contribution in [0.15, 0.2) is 0 Å². The van der Waals surface area contributed by atoms with Gasteiger partial charge >= 0.3 is 0 Å². The van der Waals surface area contributed by atoms with E-state index < -0.39 is 0 Å². The zero-order valence-electron chi connectivity index (χ0n) is 9.95. The maximum Gasteiger partial charge on any atom is 0.225 e. The van der Waals surface area contributed by atoms with Gasteiger partial charge in [0.25, 0.3) is 0 Å². The van der Waals surface area contributed by atoms with Crippen LogP contribution in [0.4, 0.5) is 0 Å². The molecule has 0 aromatic heterocycles. The molecule has 1 fully saturated rings. The number of rotatable bonds is 3. The van der Waals surface area contributed by atoms with Crippen molar-refractivity contribution in [2.75, 3.05) is 19.6 Å². The van der Waals surface area contributed by atoms with Crippen LogP contribution in [-0.2, 0) is 4.79 Å². The Morgan fingerprint density at radius 3 is 2.53 bits per heavy atom. The van der Waals surface area contributed by atoms with Crippen LogP contribution in [0.5, 0.6) is 0 Å². The lowest BCUT2D eigenvalue weighted by atomic mass is 10.0. The molecule has 0 aliphatic carbocycles. The predicted octanol–water partition coefficient (Wildman–Crippen LogP) is 1.66. The second kappa shape index (κ2) is 7.07. The van der Waals surface area contributed by atoms with E-state index in [9.17, 15) is 4.79 Å². The highest BCUT2D eigenvalue weighted by molar-refractivity contribution is 5.85. The summed E-state index contributed by atoms with van der Waals surface area (Å²) in [5, 5.41) is 3.35. The number of hydrogen-bond acceptors (Lipinski definition) is 2. The van der Waals surface area contributed by atoms with Gasteiger partial charge in [-0.1, -0.05) is 13.8 Å². The topological polar surface area (TPSA) is 32.3 Å². The molecule has 1 aliphatic heterocycles. The fraction of sp³-hybridized carbons (Fsp3) is 0.909. The van der Waals surface area contributed by atoms with E-state index in [-0.39, 0.29) is 18.3 Å². The molecule has 15 heavy (non-hydrogen) atoms. The average Bonchev–Trinajstić information content (AvgIpc) is 2.19. The minimum Gasteiger partial charge on any atom is -0.340 e.